The Balaban J connectivity index is 1.48. The molecular weight excluding hydrogens is 444 g/mol. The number of benzene rings is 2. The second kappa shape index (κ2) is 7.89. The van der Waals surface area contributed by atoms with Crippen LogP contribution in [0.15, 0.2) is 53.6 Å². The molecule has 0 bridgehead atoms. The molecule has 0 radical (unpaired) electrons. The molecule has 0 unspecified atom stereocenters. The monoisotopic (exact) mass is 468 g/mol. The highest BCUT2D eigenvalue weighted by molar-refractivity contribution is 7.25. The first-order valence-electron chi connectivity index (χ1n) is 12.0. The second-order valence-corrected chi connectivity index (χ2v) is 10.1. The molecule has 0 N–H and O–H groups in total. The van der Waals surface area contributed by atoms with E-state index >= 15 is 0 Å². The summed E-state index contributed by atoms with van der Waals surface area (Å²) < 4.78 is 7.96. The minimum Gasteiger partial charge on any atom is -0.378 e. The highest BCUT2D eigenvalue weighted by Gasteiger charge is 2.26. The van der Waals surface area contributed by atoms with Gasteiger partial charge in [0.05, 0.1) is 24.4 Å². The molecule has 2 aliphatic rings. The van der Waals surface area contributed by atoms with E-state index in [4.69, 9.17) is 14.7 Å². The summed E-state index contributed by atoms with van der Waals surface area (Å²) in [6, 6.07) is 14.2. The molecule has 170 valence electrons. The van der Waals surface area contributed by atoms with E-state index in [0.717, 1.165) is 77.2 Å². The van der Waals surface area contributed by atoms with Gasteiger partial charge in [-0.2, -0.15) is 0 Å². The zero-order valence-electron chi connectivity index (χ0n) is 18.8. The summed E-state index contributed by atoms with van der Waals surface area (Å²) in [6.45, 7) is 3.19. The number of aryl methyl sites for hydroxylation is 1. The van der Waals surface area contributed by atoms with Gasteiger partial charge in [0, 0.05) is 23.9 Å². The van der Waals surface area contributed by atoms with Crippen molar-refractivity contribution in [3.63, 3.8) is 0 Å². The summed E-state index contributed by atoms with van der Waals surface area (Å²) in [5, 5.41) is 3.24. The van der Waals surface area contributed by atoms with E-state index in [1.54, 1.807) is 10.9 Å². The van der Waals surface area contributed by atoms with E-state index in [9.17, 15) is 4.79 Å². The quantitative estimate of drug-likeness (QED) is 0.370. The van der Waals surface area contributed by atoms with Gasteiger partial charge in [0.15, 0.2) is 0 Å². The van der Waals surface area contributed by atoms with Gasteiger partial charge in [-0.3, -0.25) is 9.36 Å². The molecule has 6 nitrogen and oxygen atoms in total. The van der Waals surface area contributed by atoms with Gasteiger partial charge >= 0.3 is 0 Å². The van der Waals surface area contributed by atoms with Crippen LogP contribution >= 0.6 is 11.3 Å². The lowest BCUT2D eigenvalue weighted by Crippen LogP contribution is -2.37. The highest BCUT2D eigenvalue weighted by atomic mass is 32.1. The zero-order chi connectivity index (χ0) is 22.6. The molecule has 1 aliphatic heterocycles. The van der Waals surface area contributed by atoms with Gasteiger partial charge in [-0.25, -0.2) is 9.97 Å². The maximum absolute atomic E-state index is 13.8. The molecule has 7 heteroatoms. The van der Waals surface area contributed by atoms with Crippen LogP contribution in [0.25, 0.3) is 36.9 Å². The average molecular weight is 469 g/mol. The van der Waals surface area contributed by atoms with E-state index in [1.165, 1.54) is 35.3 Å². The number of ether oxygens (including phenoxy) is 1. The van der Waals surface area contributed by atoms with Crippen molar-refractivity contribution in [3.05, 3.63) is 70.3 Å². The third-order valence-electron chi connectivity index (χ3n) is 7.16. The predicted octanol–water partition coefficient (Wildman–Crippen LogP) is 4.86. The molecule has 0 amide bonds. The van der Waals surface area contributed by atoms with Crippen molar-refractivity contribution >= 4 is 48.4 Å². The fourth-order valence-electron chi connectivity index (χ4n) is 5.53. The van der Waals surface area contributed by atoms with Crippen LogP contribution in [0.2, 0.25) is 0 Å². The summed E-state index contributed by atoms with van der Waals surface area (Å²) >= 11 is 1.49. The normalized spacial score (nSPS) is 16.4. The number of hydrogen-bond donors (Lipinski definition) is 0. The van der Waals surface area contributed by atoms with Crippen molar-refractivity contribution in [1.29, 1.82) is 0 Å². The lowest BCUT2D eigenvalue weighted by atomic mass is 9.90. The fraction of sp³-hybridized carbons (Fsp3) is 0.296. The van der Waals surface area contributed by atoms with Crippen LogP contribution < -0.4 is 10.5 Å². The number of pyridine rings is 1. The Morgan fingerprint density at radius 1 is 0.941 bits per heavy atom. The fourth-order valence-corrected chi connectivity index (χ4v) is 6.61. The van der Waals surface area contributed by atoms with Crippen LogP contribution in [0.5, 0.6) is 0 Å². The van der Waals surface area contributed by atoms with Crippen LogP contribution in [0.4, 0.5) is 5.82 Å². The van der Waals surface area contributed by atoms with Gasteiger partial charge in [0.2, 0.25) is 0 Å². The lowest BCUT2D eigenvalue weighted by molar-refractivity contribution is 0.122. The number of aromatic nitrogens is 3. The van der Waals surface area contributed by atoms with Gasteiger partial charge < -0.3 is 9.64 Å². The molecule has 0 atom stereocenters. The molecule has 0 spiro atoms. The Morgan fingerprint density at radius 3 is 2.62 bits per heavy atom. The SMILES string of the molecule is O=c1c2sc3nc(N4CCOCC4)c4c(c3c2ncn1-c1cccc2ccccc12)CCCC4. The van der Waals surface area contributed by atoms with E-state index < -0.39 is 0 Å². The van der Waals surface area contributed by atoms with Gasteiger partial charge in [-0.05, 0) is 48.3 Å². The summed E-state index contributed by atoms with van der Waals surface area (Å²) in [6.07, 6.45) is 6.10. The van der Waals surface area contributed by atoms with E-state index in [2.05, 4.69) is 23.1 Å². The highest BCUT2D eigenvalue weighted by Crippen LogP contribution is 2.40. The van der Waals surface area contributed by atoms with Crippen LogP contribution in [-0.4, -0.2) is 40.8 Å². The molecule has 5 aromatic rings. The first-order chi connectivity index (χ1) is 16.8. The molecule has 1 fully saturated rings. The van der Waals surface area contributed by atoms with Gasteiger partial charge in [0.25, 0.3) is 5.56 Å². The third-order valence-corrected chi connectivity index (χ3v) is 8.22. The molecule has 0 saturated carbocycles. The van der Waals surface area contributed by atoms with Crippen molar-refractivity contribution in [2.45, 2.75) is 25.7 Å². The van der Waals surface area contributed by atoms with Gasteiger partial charge in [-0.15, -0.1) is 11.3 Å². The number of thiophene rings is 1. The molecule has 1 saturated heterocycles. The number of nitrogens with zero attached hydrogens (tertiary/aromatic N) is 4. The van der Waals surface area contributed by atoms with Crippen molar-refractivity contribution in [2.24, 2.45) is 0 Å². The Bertz CT molecular complexity index is 1630. The van der Waals surface area contributed by atoms with Crippen molar-refractivity contribution in [2.75, 3.05) is 31.2 Å². The maximum atomic E-state index is 13.8. The van der Waals surface area contributed by atoms with Gasteiger partial charge in [0.1, 0.15) is 21.7 Å². The Kier molecular flexibility index (Phi) is 4.67. The van der Waals surface area contributed by atoms with Crippen LogP contribution in [0, 0.1) is 0 Å². The Hall–Kier alpha value is -3.29. The van der Waals surface area contributed by atoms with E-state index in [0.29, 0.717) is 4.70 Å². The van der Waals surface area contributed by atoms with Crippen LogP contribution in [-0.2, 0) is 17.6 Å². The standard InChI is InChI=1S/C27H24N4O2S/c32-27-24-23(28-16-31(27)21-11-5-7-17-6-1-2-8-18(17)21)22-19-9-3-4-10-20(19)25(29-26(22)34-24)30-12-14-33-15-13-30/h1-2,5-8,11,16H,3-4,9-10,12-15H2. The lowest BCUT2D eigenvalue weighted by Gasteiger charge is -2.31. The maximum Gasteiger partial charge on any atom is 0.275 e. The van der Waals surface area contributed by atoms with Crippen LogP contribution in [0.3, 0.4) is 0 Å². The summed E-state index contributed by atoms with van der Waals surface area (Å²) in [4.78, 5) is 27.1. The van der Waals surface area contributed by atoms with Crippen LogP contribution in [0.1, 0.15) is 24.0 Å². The first-order valence-corrected chi connectivity index (χ1v) is 12.8. The molecule has 7 rings (SSSR count). The van der Waals surface area contributed by atoms with E-state index in [-0.39, 0.29) is 5.56 Å². The minimum absolute atomic E-state index is 0.0261. The topological polar surface area (TPSA) is 60.3 Å². The second-order valence-electron chi connectivity index (χ2n) is 9.08. The van der Waals surface area contributed by atoms with Crippen molar-refractivity contribution in [3.8, 4) is 5.69 Å². The Morgan fingerprint density at radius 2 is 1.74 bits per heavy atom. The zero-order valence-corrected chi connectivity index (χ0v) is 19.6. The van der Waals surface area contributed by atoms with Crippen molar-refractivity contribution in [1.82, 2.24) is 14.5 Å². The molecule has 1 aliphatic carbocycles. The minimum atomic E-state index is -0.0261. The summed E-state index contributed by atoms with van der Waals surface area (Å²) in [5.41, 5.74) is 4.33. The van der Waals surface area contributed by atoms with Gasteiger partial charge in [-0.1, -0.05) is 36.4 Å². The number of anilines is 1. The summed E-state index contributed by atoms with van der Waals surface area (Å²) in [5.74, 6) is 1.09. The smallest absolute Gasteiger partial charge is 0.275 e. The third kappa shape index (κ3) is 3.00. The average Bonchev–Trinajstić information content (AvgIpc) is 3.28. The number of rotatable bonds is 2. The largest absolute Gasteiger partial charge is 0.378 e. The number of fused-ring (bicyclic) bond motifs is 6. The molecule has 2 aromatic carbocycles. The van der Waals surface area contributed by atoms with E-state index in [1.807, 2.05) is 24.3 Å². The first kappa shape index (κ1) is 20.1. The molecule has 34 heavy (non-hydrogen) atoms. The molecular formula is C27H24N4O2S. The summed E-state index contributed by atoms with van der Waals surface area (Å²) in [7, 11) is 0. The predicted molar refractivity (Wildman–Crippen MR) is 138 cm³/mol. The molecule has 3 aromatic heterocycles. The molecule has 4 heterocycles. The van der Waals surface area contributed by atoms with Crippen molar-refractivity contribution < 1.29 is 4.74 Å². The number of hydrogen-bond acceptors (Lipinski definition) is 6. The number of morpholine rings is 1. The Labute approximate surface area is 200 Å².